The quantitative estimate of drug-likeness (QED) is 0.360. The standard InChI is InChI=1S/C19H20N4O3S2/c1-13-2-11-18(28(25,26)23-17-9-5-15(21)6-10-17)12-19(13)27(24)22-16-7-3-14(20)4-8-16/h2-12,22-23H,20-21H2,1H3. The van der Waals surface area contributed by atoms with Gasteiger partial charge in [-0.05, 0) is 61.5 Å². The Morgan fingerprint density at radius 1 is 0.857 bits per heavy atom. The number of hydrogen-bond acceptors (Lipinski definition) is 6. The van der Waals surface area contributed by atoms with E-state index in [1.54, 1.807) is 61.5 Å². The first-order valence-electron chi connectivity index (χ1n) is 8.27. The number of benzene rings is 3. The highest BCUT2D eigenvalue weighted by Gasteiger charge is 2.21. The molecule has 6 N–H and O–H groups in total. The summed E-state index contributed by atoms with van der Waals surface area (Å²) >= 11 is -1.65. The molecule has 0 aromatic heterocycles. The zero-order chi connectivity index (χ0) is 20.3. The van der Waals surface area contributed by atoms with Crippen LogP contribution in [0.3, 0.4) is 0 Å². The van der Waals surface area contributed by atoms with E-state index in [0.717, 1.165) is 0 Å². The summed E-state index contributed by atoms with van der Waals surface area (Å²) < 4.78 is 43.5. The smallest absolute Gasteiger partial charge is 0.262 e. The van der Waals surface area contributed by atoms with Crippen LogP contribution in [0.5, 0.6) is 0 Å². The fourth-order valence-corrected chi connectivity index (χ4v) is 4.64. The molecule has 9 heteroatoms. The number of nitrogens with two attached hydrogens (primary N) is 2. The fraction of sp³-hybridized carbons (Fsp3) is 0.0526. The Hall–Kier alpha value is -2.88. The van der Waals surface area contributed by atoms with E-state index in [1.807, 2.05) is 0 Å². The molecule has 28 heavy (non-hydrogen) atoms. The van der Waals surface area contributed by atoms with Crippen molar-refractivity contribution >= 4 is 44.1 Å². The molecule has 1 unspecified atom stereocenters. The molecule has 0 fully saturated rings. The summed E-state index contributed by atoms with van der Waals surface area (Å²) in [5.41, 5.74) is 14.1. The number of nitrogen functional groups attached to an aromatic ring is 2. The van der Waals surface area contributed by atoms with Gasteiger partial charge in [0.2, 0.25) is 0 Å². The van der Waals surface area contributed by atoms with Crippen LogP contribution in [0.2, 0.25) is 0 Å². The van der Waals surface area contributed by atoms with Crippen molar-refractivity contribution in [3.63, 3.8) is 0 Å². The monoisotopic (exact) mass is 416 g/mol. The van der Waals surface area contributed by atoms with Gasteiger partial charge >= 0.3 is 0 Å². The lowest BCUT2D eigenvalue weighted by atomic mass is 10.2. The normalized spacial score (nSPS) is 12.4. The van der Waals surface area contributed by atoms with Crippen molar-refractivity contribution in [3.8, 4) is 0 Å². The van der Waals surface area contributed by atoms with E-state index in [-0.39, 0.29) is 4.90 Å². The molecule has 1 atom stereocenters. The molecule has 146 valence electrons. The van der Waals surface area contributed by atoms with Crippen molar-refractivity contribution in [2.75, 3.05) is 20.9 Å². The van der Waals surface area contributed by atoms with Gasteiger partial charge in [0.15, 0.2) is 4.90 Å². The van der Waals surface area contributed by atoms with E-state index < -0.39 is 21.4 Å². The van der Waals surface area contributed by atoms with Crippen LogP contribution in [0.1, 0.15) is 5.56 Å². The van der Waals surface area contributed by atoms with Gasteiger partial charge in [-0.1, -0.05) is 6.07 Å². The van der Waals surface area contributed by atoms with E-state index >= 15 is 0 Å². The molecule has 7 nitrogen and oxygen atoms in total. The van der Waals surface area contributed by atoms with Gasteiger partial charge in [0.05, 0.1) is 10.6 Å². The number of sulfonamides is 1. The molecule has 0 radical (unpaired) electrons. The molecule has 3 rings (SSSR count). The molecule has 0 aliphatic heterocycles. The largest absolute Gasteiger partial charge is 0.588 e. The molecule has 0 saturated carbocycles. The Morgan fingerprint density at radius 2 is 1.39 bits per heavy atom. The second kappa shape index (κ2) is 8.01. The highest BCUT2D eigenvalue weighted by Crippen LogP contribution is 2.25. The Balaban J connectivity index is 1.85. The summed E-state index contributed by atoms with van der Waals surface area (Å²) in [6, 6.07) is 17.6. The summed E-state index contributed by atoms with van der Waals surface area (Å²) in [6.07, 6.45) is 0. The second-order valence-corrected chi connectivity index (χ2v) is 9.01. The Morgan fingerprint density at radius 3 is 1.96 bits per heavy atom. The highest BCUT2D eigenvalue weighted by molar-refractivity contribution is 7.93. The molecule has 0 bridgehead atoms. The number of rotatable bonds is 6. The van der Waals surface area contributed by atoms with Crippen molar-refractivity contribution in [2.45, 2.75) is 16.7 Å². The predicted molar refractivity (Wildman–Crippen MR) is 114 cm³/mol. The Bertz CT molecular complexity index is 1070. The Kier molecular flexibility index (Phi) is 5.68. The van der Waals surface area contributed by atoms with Crippen molar-refractivity contribution in [1.29, 1.82) is 0 Å². The molecule has 0 saturated heterocycles. The van der Waals surface area contributed by atoms with E-state index in [0.29, 0.717) is 33.2 Å². The van der Waals surface area contributed by atoms with E-state index in [4.69, 9.17) is 11.5 Å². The third-order valence-electron chi connectivity index (χ3n) is 3.95. The maximum absolute atomic E-state index is 12.7. The van der Waals surface area contributed by atoms with Gasteiger partial charge in [0.1, 0.15) is 11.4 Å². The third-order valence-corrected chi connectivity index (χ3v) is 6.59. The lowest BCUT2D eigenvalue weighted by Crippen LogP contribution is -2.17. The minimum absolute atomic E-state index is 0.0115. The van der Waals surface area contributed by atoms with E-state index in [2.05, 4.69) is 9.44 Å². The molecule has 3 aromatic rings. The maximum atomic E-state index is 12.7. The van der Waals surface area contributed by atoms with Crippen LogP contribution in [0.4, 0.5) is 22.7 Å². The molecular weight excluding hydrogens is 396 g/mol. The van der Waals surface area contributed by atoms with Gasteiger partial charge in [0.25, 0.3) is 10.0 Å². The van der Waals surface area contributed by atoms with Crippen molar-refractivity contribution in [2.24, 2.45) is 0 Å². The lowest BCUT2D eigenvalue weighted by Gasteiger charge is -2.15. The van der Waals surface area contributed by atoms with Crippen LogP contribution in [-0.2, 0) is 21.4 Å². The topological polar surface area (TPSA) is 133 Å². The zero-order valence-electron chi connectivity index (χ0n) is 15.0. The summed E-state index contributed by atoms with van der Waals surface area (Å²) in [7, 11) is -3.85. The summed E-state index contributed by atoms with van der Waals surface area (Å²) in [5, 5.41) is 0. The van der Waals surface area contributed by atoms with Gasteiger partial charge in [-0.2, -0.15) is 0 Å². The maximum Gasteiger partial charge on any atom is 0.262 e. The molecule has 0 aliphatic carbocycles. The van der Waals surface area contributed by atoms with Crippen LogP contribution in [-0.4, -0.2) is 13.0 Å². The summed E-state index contributed by atoms with van der Waals surface area (Å²) in [6.45, 7) is 1.77. The predicted octanol–water partition coefficient (Wildman–Crippen LogP) is 3.09. The lowest BCUT2D eigenvalue weighted by molar-refractivity contribution is 0.597. The zero-order valence-corrected chi connectivity index (χ0v) is 16.7. The number of aryl methyl sites for hydroxylation is 1. The summed E-state index contributed by atoms with van der Waals surface area (Å²) in [5.74, 6) is 0. The molecular formula is C19H20N4O3S2. The summed E-state index contributed by atoms with van der Waals surface area (Å²) in [4.78, 5) is 0.384. The minimum Gasteiger partial charge on any atom is -0.588 e. The minimum atomic E-state index is -3.85. The number of nitrogens with one attached hydrogen (secondary N) is 2. The average Bonchev–Trinajstić information content (AvgIpc) is 2.65. The van der Waals surface area contributed by atoms with Crippen molar-refractivity contribution in [1.82, 2.24) is 0 Å². The van der Waals surface area contributed by atoms with Gasteiger partial charge in [0, 0.05) is 28.7 Å². The number of hydrogen-bond donors (Lipinski definition) is 4. The van der Waals surface area contributed by atoms with Crippen molar-refractivity contribution < 1.29 is 13.0 Å². The van der Waals surface area contributed by atoms with Crippen LogP contribution >= 0.6 is 0 Å². The van der Waals surface area contributed by atoms with Gasteiger partial charge < -0.3 is 16.0 Å². The SMILES string of the molecule is Cc1ccc(S(=O)(=O)Nc2ccc(N)cc2)cc1[S+]([O-])Nc1ccc(N)cc1. The number of anilines is 4. The second-order valence-electron chi connectivity index (χ2n) is 6.15. The molecule has 0 amide bonds. The first kappa shape index (κ1) is 19.9. The molecule has 3 aromatic carbocycles. The van der Waals surface area contributed by atoms with Gasteiger partial charge in [-0.3, -0.25) is 4.72 Å². The van der Waals surface area contributed by atoms with Crippen LogP contribution in [0.15, 0.2) is 76.5 Å². The first-order valence-corrected chi connectivity index (χ1v) is 10.9. The molecule has 0 spiro atoms. The fourth-order valence-electron chi connectivity index (χ4n) is 2.43. The van der Waals surface area contributed by atoms with E-state index in [9.17, 15) is 13.0 Å². The highest BCUT2D eigenvalue weighted by atomic mass is 32.2. The van der Waals surface area contributed by atoms with Crippen LogP contribution in [0, 0.1) is 6.92 Å². The Labute approximate surface area is 167 Å². The average molecular weight is 417 g/mol. The van der Waals surface area contributed by atoms with Crippen LogP contribution < -0.4 is 20.9 Å². The third kappa shape index (κ3) is 4.69. The van der Waals surface area contributed by atoms with Crippen LogP contribution in [0.25, 0.3) is 0 Å². The molecule has 0 heterocycles. The van der Waals surface area contributed by atoms with E-state index in [1.165, 1.54) is 12.1 Å². The van der Waals surface area contributed by atoms with Gasteiger partial charge in [-0.25, -0.2) is 13.1 Å². The first-order chi connectivity index (χ1) is 13.2. The van der Waals surface area contributed by atoms with Crippen molar-refractivity contribution in [3.05, 3.63) is 72.3 Å². The van der Waals surface area contributed by atoms with Gasteiger partial charge in [-0.15, -0.1) is 0 Å². The molecule has 0 aliphatic rings.